The number of esters is 3. The fraction of sp³-hybridized carbons (Fsp3) is 0.389. The third-order valence-corrected chi connectivity index (χ3v) is 3.00. The first kappa shape index (κ1) is 17.7. The molecule has 6 heteroatoms. The van der Waals surface area contributed by atoms with Gasteiger partial charge in [0.2, 0.25) is 0 Å². The first-order valence-electron chi connectivity index (χ1n) is 7.49. The second-order valence-corrected chi connectivity index (χ2v) is 6.83. The van der Waals surface area contributed by atoms with E-state index in [1.54, 1.807) is 45.0 Å². The van der Waals surface area contributed by atoms with Gasteiger partial charge < -0.3 is 14.2 Å². The average Bonchev–Trinajstić information content (AvgIpc) is 2.40. The van der Waals surface area contributed by atoms with E-state index < -0.39 is 29.3 Å². The van der Waals surface area contributed by atoms with Crippen molar-refractivity contribution in [2.24, 2.45) is 0 Å². The molecule has 0 N–H and O–H groups in total. The maximum Gasteiger partial charge on any atom is 0.348 e. The van der Waals surface area contributed by atoms with Gasteiger partial charge in [-0.05, 0) is 38.5 Å². The molecule has 0 saturated carbocycles. The van der Waals surface area contributed by atoms with E-state index in [1.807, 2.05) is 0 Å². The third-order valence-electron chi connectivity index (χ3n) is 3.00. The van der Waals surface area contributed by atoms with Gasteiger partial charge in [-0.15, -0.1) is 0 Å². The van der Waals surface area contributed by atoms with Gasteiger partial charge in [-0.3, -0.25) is 0 Å². The van der Waals surface area contributed by atoms with Crippen molar-refractivity contribution in [1.82, 2.24) is 0 Å². The zero-order valence-corrected chi connectivity index (χ0v) is 14.3. The zero-order valence-electron chi connectivity index (χ0n) is 14.3. The Morgan fingerprint density at radius 3 is 2.17 bits per heavy atom. The summed E-state index contributed by atoms with van der Waals surface area (Å²) in [6.07, 6.45) is 1.28. The van der Waals surface area contributed by atoms with Crippen molar-refractivity contribution < 1.29 is 28.6 Å². The van der Waals surface area contributed by atoms with Crippen LogP contribution in [0.5, 0.6) is 0 Å². The summed E-state index contributed by atoms with van der Waals surface area (Å²) in [7, 11) is 0. The first-order chi connectivity index (χ1) is 11.0. The summed E-state index contributed by atoms with van der Waals surface area (Å²) in [6.45, 7) is 8.19. The minimum absolute atomic E-state index is 0.241. The van der Waals surface area contributed by atoms with Crippen LogP contribution in [0.25, 0.3) is 6.08 Å². The monoisotopic (exact) mass is 332 g/mol. The Kier molecular flexibility index (Phi) is 4.51. The lowest BCUT2D eigenvalue weighted by atomic mass is 10.0. The molecule has 0 radical (unpaired) electrons. The van der Waals surface area contributed by atoms with E-state index in [2.05, 4.69) is 0 Å². The summed E-state index contributed by atoms with van der Waals surface area (Å²) in [4.78, 5) is 36.4. The predicted molar refractivity (Wildman–Crippen MR) is 85.9 cm³/mol. The van der Waals surface area contributed by atoms with Crippen LogP contribution in [0.4, 0.5) is 0 Å². The second kappa shape index (κ2) is 6.11. The molecule has 128 valence electrons. The van der Waals surface area contributed by atoms with E-state index in [9.17, 15) is 14.4 Å². The number of ether oxygens (including phenoxy) is 3. The van der Waals surface area contributed by atoms with Crippen LogP contribution >= 0.6 is 0 Å². The molecule has 24 heavy (non-hydrogen) atoms. The molecule has 0 amide bonds. The lowest BCUT2D eigenvalue weighted by molar-refractivity contribution is -0.222. The topological polar surface area (TPSA) is 78.9 Å². The molecule has 2 rings (SSSR count). The quantitative estimate of drug-likeness (QED) is 0.471. The number of carbonyl (C=O) groups excluding carboxylic acids is 3. The number of benzene rings is 1. The standard InChI is InChI=1S/C18H20O6/c1-17(2,3)22-14(19)12-9-7-6-8-11(12)10-13-15(20)23-18(4,5)24-16(13)21/h6-10H,1-5H3. The highest BCUT2D eigenvalue weighted by molar-refractivity contribution is 6.19. The van der Waals surface area contributed by atoms with Crippen LogP contribution in [-0.2, 0) is 23.8 Å². The highest BCUT2D eigenvalue weighted by atomic mass is 16.7. The summed E-state index contributed by atoms with van der Waals surface area (Å²) >= 11 is 0. The Bertz CT molecular complexity index is 699. The smallest absolute Gasteiger partial charge is 0.348 e. The first-order valence-corrected chi connectivity index (χ1v) is 7.49. The second-order valence-electron chi connectivity index (χ2n) is 6.83. The molecule has 1 heterocycles. The molecular formula is C18H20O6. The van der Waals surface area contributed by atoms with Crippen LogP contribution in [0.2, 0.25) is 0 Å². The summed E-state index contributed by atoms with van der Waals surface area (Å²) in [5.74, 6) is -3.45. The Balaban J connectivity index is 2.39. The molecule has 0 unspecified atom stereocenters. The van der Waals surface area contributed by atoms with Gasteiger partial charge in [0.1, 0.15) is 11.2 Å². The van der Waals surface area contributed by atoms with Gasteiger partial charge in [-0.25, -0.2) is 14.4 Å². The fourth-order valence-electron chi connectivity index (χ4n) is 2.08. The number of rotatable bonds is 2. The van der Waals surface area contributed by atoms with Gasteiger partial charge >= 0.3 is 17.9 Å². The minimum atomic E-state index is -1.31. The van der Waals surface area contributed by atoms with E-state index in [1.165, 1.54) is 19.9 Å². The largest absolute Gasteiger partial charge is 0.456 e. The van der Waals surface area contributed by atoms with E-state index in [0.717, 1.165) is 0 Å². The van der Waals surface area contributed by atoms with Crippen LogP contribution in [0.15, 0.2) is 29.8 Å². The van der Waals surface area contributed by atoms with Crippen molar-refractivity contribution in [1.29, 1.82) is 0 Å². The van der Waals surface area contributed by atoms with Crippen molar-refractivity contribution in [2.75, 3.05) is 0 Å². The van der Waals surface area contributed by atoms with Crippen LogP contribution in [-0.4, -0.2) is 29.3 Å². The van der Waals surface area contributed by atoms with Gasteiger partial charge in [0.05, 0.1) is 5.56 Å². The molecule has 0 aliphatic carbocycles. The molecule has 0 atom stereocenters. The van der Waals surface area contributed by atoms with Crippen molar-refractivity contribution in [3.63, 3.8) is 0 Å². The molecule has 0 bridgehead atoms. The van der Waals surface area contributed by atoms with Crippen molar-refractivity contribution in [3.05, 3.63) is 41.0 Å². The normalized spacial score (nSPS) is 17.0. The third kappa shape index (κ3) is 4.22. The summed E-state index contributed by atoms with van der Waals surface area (Å²) in [5.41, 5.74) is -0.324. The molecule has 1 aliphatic heterocycles. The molecule has 1 aromatic carbocycles. The molecule has 1 aromatic rings. The van der Waals surface area contributed by atoms with Crippen LogP contribution in [0.3, 0.4) is 0 Å². The van der Waals surface area contributed by atoms with Crippen LogP contribution in [0.1, 0.15) is 50.5 Å². The Morgan fingerprint density at radius 1 is 1.08 bits per heavy atom. The summed E-state index contributed by atoms with van der Waals surface area (Å²) in [5, 5.41) is 0. The zero-order chi connectivity index (χ0) is 18.1. The van der Waals surface area contributed by atoms with Gasteiger partial charge in [-0.2, -0.15) is 0 Å². The predicted octanol–water partition coefficient (Wildman–Crippen LogP) is 2.86. The molecule has 1 fully saturated rings. The van der Waals surface area contributed by atoms with E-state index in [4.69, 9.17) is 14.2 Å². The van der Waals surface area contributed by atoms with Crippen molar-refractivity contribution >= 4 is 24.0 Å². The highest BCUT2D eigenvalue weighted by Gasteiger charge is 2.39. The van der Waals surface area contributed by atoms with Gasteiger partial charge in [0.15, 0.2) is 0 Å². The Morgan fingerprint density at radius 2 is 1.62 bits per heavy atom. The van der Waals surface area contributed by atoms with Crippen molar-refractivity contribution in [2.45, 2.75) is 46.0 Å². The maximum absolute atomic E-state index is 12.3. The Hall–Kier alpha value is -2.63. The fourth-order valence-corrected chi connectivity index (χ4v) is 2.08. The molecule has 1 saturated heterocycles. The average molecular weight is 332 g/mol. The number of hydrogen-bond acceptors (Lipinski definition) is 6. The van der Waals surface area contributed by atoms with E-state index in [0.29, 0.717) is 5.56 Å². The molecule has 0 aromatic heterocycles. The number of hydrogen-bond donors (Lipinski definition) is 0. The lowest BCUT2D eigenvalue weighted by Crippen LogP contribution is -2.41. The molecular weight excluding hydrogens is 312 g/mol. The summed E-state index contributed by atoms with van der Waals surface area (Å²) < 4.78 is 15.4. The van der Waals surface area contributed by atoms with Gasteiger partial charge in [-0.1, -0.05) is 18.2 Å². The Labute approximate surface area is 140 Å². The van der Waals surface area contributed by atoms with Crippen LogP contribution in [0, 0.1) is 0 Å². The molecule has 0 spiro atoms. The van der Waals surface area contributed by atoms with E-state index >= 15 is 0 Å². The minimum Gasteiger partial charge on any atom is -0.456 e. The van der Waals surface area contributed by atoms with Crippen molar-refractivity contribution in [3.8, 4) is 0 Å². The lowest BCUT2D eigenvalue weighted by Gasteiger charge is -2.29. The highest BCUT2D eigenvalue weighted by Crippen LogP contribution is 2.25. The maximum atomic E-state index is 12.3. The molecule has 6 nitrogen and oxygen atoms in total. The number of cyclic esters (lactones) is 2. The van der Waals surface area contributed by atoms with Gasteiger partial charge in [0.25, 0.3) is 5.79 Å². The van der Waals surface area contributed by atoms with Gasteiger partial charge in [0, 0.05) is 13.8 Å². The summed E-state index contributed by atoms with van der Waals surface area (Å²) in [6, 6.07) is 6.52. The SMILES string of the molecule is CC(C)(C)OC(=O)c1ccccc1C=C1C(=O)OC(C)(C)OC1=O. The van der Waals surface area contributed by atoms with E-state index in [-0.39, 0.29) is 11.1 Å². The van der Waals surface area contributed by atoms with Crippen LogP contribution < -0.4 is 0 Å². The molecule has 1 aliphatic rings. The number of carbonyl (C=O) groups is 3.